The van der Waals surface area contributed by atoms with Crippen molar-refractivity contribution in [3.05, 3.63) is 40.8 Å². The van der Waals surface area contributed by atoms with Gasteiger partial charge in [0.15, 0.2) is 5.78 Å². The first kappa shape index (κ1) is 12.2. The second-order valence-electron chi connectivity index (χ2n) is 3.11. The minimum Gasteiger partial charge on any atom is -0.288 e. The van der Waals surface area contributed by atoms with Gasteiger partial charge in [-0.3, -0.25) is 4.79 Å². The molecule has 1 aromatic heterocycles. The molecule has 0 bridgehead atoms. The van der Waals surface area contributed by atoms with Gasteiger partial charge in [0.05, 0.1) is 10.7 Å². The maximum atomic E-state index is 11.8. The molecule has 0 saturated carbocycles. The summed E-state index contributed by atoms with van der Waals surface area (Å²) < 4.78 is 27.3. The van der Waals surface area contributed by atoms with Crippen LogP contribution in [0.15, 0.2) is 49.4 Å². The van der Waals surface area contributed by atoms with Crippen LogP contribution in [0.25, 0.3) is 0 Å². The van der Waals surface area contributed by atoms with Gasteiger partial charge in [0.2, 0.25) is 0 Å². The minimum atomic E-state index is -3.72. The fourth-order valence-electron chi connectivity index (χ4n) is 1.14. The van der Waals surface area contributed by atoms with E-state index in [0.717, 1.165) is 11.3 Å². The van der Waals surface area contributed by atoms with Crippen LogP contribution in [0.4, 0.5) is 0 Å². The maximum Gasteiger partial charge on any atom is 0.292 e. The number of nitrogens with zero attached hydrogens (tertiary/aromatic N) is 1. The Balaban J connectivity index is 2.39. The normalized spacial score (nSPS) is 18.5. The number of hydrogen-bond acceptors (Lipinski definition) is 4. The third-order valence-electron chi connectivity index (χ3n) is 1.89. The van der Waals surface area contributed by atoms with Gasteiger partial charge >= 0.3 is 0 Å². The van der Waals surface area contributed by atoms with Gasteiger partial charge in [0.1, 0.15) is 4.21 Å². The van der Waals surface area contributed by atoms with Crippen molar-refractivity contribution in [3.63, 3.8) is 0 Å². The Labute approximate surface area is 107 Å². The Morgan fingerprint density at radius 2 is 2.06 bits per heavy atom. The van der Waals surface area contributed by atoms with E-state index in [2.05, 4.69) is 4.40 Å². The predicted octanol–water partition coefficient (Wildman–Crippen LogP) is 2.14. The van der Waals surface area contributed by atoms with Gasteiger partial charge in [-0.05, 0) is 29.7 Å². The SMILES string of the molecule is O=C1C=CC(=NS(=O)(=O)c2cccs2)C=C1Cl. The summed E-state index contributed by atoms with van der Waals surface area (Å²) in [5.41, 5.74) is 0.142. The summed E-state index contributed by atoms with van der Waals surface area (Å²) in [5, 5.41) is 1.60. The molecule has 7 heteroatoms. The van der Waals surface area contributed by atoms with Crippen LogP contribution in [0.5, 0.6) is 0 Å². The van der Waals surface area contributed by atoms with E-state index < -0.39 is 10.0 Å². The monoisotopic (exact) mass is 287 g/mol. The molecule has 2 rings (SSSR count). The van der Waals surface area contributed by atoms with E-state index >= 15 is 0 Å². The van der Waals surface area contributed by atoms with E-state index in [0.29, 0.717) is 0 Å². The summed E-state index contributed by atoms with van der Waals surface area (Å²) in [6, 6.07) is 3.09. The van der Waals surface area contributed by atoms with Crippen molar-refractivity contribution < 1.29 is 13.2 Å². The Kier molecular flexibility index (Phi) is 3.28. The lowest BCUT2D eigenvalue weighted by atomic mass is 10.2. The van der Waals surface area contributed by atoms with Crippen LogP contribution >= 0.6 is 22.9 Å². The zero-order valence-corrected chi connectivity index (χ0v) is 10.7. The molecule has 1 aliphatic rings. The van der Waals surface area contributed by atoms with E-state index in [1.54, 1.807) is 11.4 Å². The highest BCUT2D eigenvalue weighted by molar-refractivity contribution is 7.92. The molecule has 0 unspecified atom stereocenters. The lowest BCUT2D eigenvalue weighted by molar-refractivity contribution is -0.110. The van der Waals surface area contributed by atoms with Crippen molar-refractivity contribution >= 4 is 44.5 Å². The molecule has 1 aromatic rings. The molecular formula is C10H6ClNO3S2. The summed E-state index contributed by atoms with van der Waals surface area (Å²) in [7, 11) is -3.72. The summed E-state index contributed by atoms with van der Waals surface area (Å²) in [6.45, 7) is 0. The van der Waals surface area contributed by atoms with Crippen LogP contribution in [-0.2, 0) is 14.8 Å². The molecule has 0 radical (unpaired) electrons. The molecule has 0 spiro atoms. The van der Waals surface area contributed by atoms with E-state index in [4.69, 9.17) is 11.6 Å². The second kappa shape index (κ2) is 4.56. The number of allylic oxidation sites excluding steroid dienone is 4. The van der Waals surface area contributed by atoms with Crippen LogP contribution in [0.2, 0.25) is 0 Å². The van der Waals surface area contributed by atoms with Crippen LogP contribution in [0, 0.1) is 0 Å². The molecule has 0 saturated heterocycles. The van der Waals surface area contributed by atoms with Crippen LogP contribution in [-0.4, -0.2) is 19.9 Å². The van der Waals surface area contributed by atoms with Crippen molar-refractivity contribution in [3.8, 4) is 0 Å². The van der Waals surface area contributed by atoms with Crippen molar-refractivity contribution in [2.75, 3.05) is 0 Å². The van der Waals surface area contributed by atoms with E-state index in [1.807, 2.05) is 0 Å². The lowest BCUT2D eigenvalue weighted by Gasteiger charge is -2.01. The number of carbonyl (C=O) groups excluding carboxylic acids is 1. The highest BCUT2D eigenvalue weighted by Gasteiger charge is 2.16. The summed E-state index contributed by atoms with van der Waals surface area (Å²) in [4.78, 5) is 11.0. The molecule has 1 aliphatic carbocycles. The number of ketones is 1. The first-order valence-corrected chi connectivity index (χ1v) is 7.17. The van der Waals surface area contributed by atoms with Gasteiger partial charge in [-0.2, -0.15) is 12.8 Å². The molecule has 1 heterocycles. The largest absolute Gasteiger partial charge is 0.292 e. The van der Waals surface area contributed by atoms with Crippen molar-refractivity contribution in [2.45, 2.75) is 4.21 Å². The molecule has 0 aromatic carbocycles. The van der Waals surface area contributed by atoms with Gasteiger partial charge in [0, 0.05) is 0 Å². The lowest BCUT2D eigenvalue weighted by Crippen LogP contribution is -2.06. The van der Waals surface area contributed by atoms with Crippen LogP contribution < -0.4 is 0 Å². The molecule has 0 atom stereocenters. The minimum absolute atomic E-state index is 0.0485. The number of rotatable bonds is 2. The smallest absolute Gasteiger partial charge is 0.288 e. The van der Waals surface area contributed by atoms with Gasteiger partial charge in [-0.1, -0.05) is 17.7 Å². The molecule has 0 N–H and O–H groups in total. The molecule has 4 nitrogen and oxygen atoms in total. The Hall–Kier alpha value is -1.24. The van der Waals surface area contributed by atoms with Gasteiger partial charge in [-0.25, -0.2) is 0 Å². The highest BCUT2D eigenvalue weighted by atomic mass is 35.5. The summed E-state index contributed by atoms with van der Waals surface area (Å²) in [5.74, 6) is -0.362. The standard InChI is InChI=1S/C10H6ClNO3S2/c11-8-6-7(3-4-9(8)13)12-17(14,15)10-2-1-5-16-10/h1-6H. The first-order chi connectivity index (χ1) is 7.99. The van der Waals surface area contributed by atoms with Crippen LogP contribution in [0.1, 0.15) is 0 Å². The van der Waals surface area contributed by atoms with E-state index in [9.17, 15) is 13.2 Å². The molecular weight excluding hydrogens is 282 g/mol. The van der Waals surface area contributed by atoms with E-state index in [1.165, 1.54) is 24.3 Å². The molecule has 0 aliphatic heterocycles. The zero-order valence-electron chi connectivity index (χ0n) is 8.33. The Morgan fingerprint density at radius 3 is 2.65 bits per heavy atom. The zero-order chi connectivity index (χ0) is 12.5. The Bertz CT molecular complexity index is 639. The number of halogens is 1. The third kappa shape index (κ3) is 2.71. The topological polar surface area (TPSA) is 63.6 Å². The maximum absolute atomic E-state index is 11.8. The third-order valence-corrected chi connectivity index (χ3v) is 4.86. The van der Waals surface area contributed by atoms with Gasteiger partial charge < -0.3 is 0 Å². The fraction of sp³-hybridized carbons (Fsp3) is 0. The van der Waals surface area contributed by atoms with Crippen molar-refractivity contribution in [1.29, 1.82) is 0 Å². The predicted molar refractivity (Wildman–Crippen MR) is 67.0 cm³/mol. The van der Waals surface area contributed by atoms with Crippen LogP contribution in [0.3, 0.4) is 0 Å². The fourth-order valence-corrected chi connectivity index (χ4v) is 3.26. The number of hydrogen-bond donors (Lipinski definition) is 0. The average Bonchev–Trinajstić information content (AvgIpc) is 2.77. The van der Waals surface area contributed by atoms with E-state index in [-0.39, 0.29) is 20.7 Å². The van der Waals surface area contributed by atoms with Gasteiger partial charge in [-0.15, -0.1) is 11.3 Å². The summed E-state index contributed by atoms with van der Waals surface area (Å²) in [6.07, 6.45) is 3.74. The second-order valence-corrected chi connectivity index (χ2v) is 6.30. The quantitative estimate of drug-likeness (QED) is 0.783. The van der Waals surface area contributed by atoms with Crippen molar-refractivity contribution in [2.24, 2.45) is 4.40 Å². The molecule has 0 amide bonds. The number of sulfonamides is 1. The Morgan fingerprint density at radius 1 is 1.29 bits per heavy atom. The van der Waals surface area contributed by atoms with Gasteiger partial charge in [0.25, 0.3) is 10.0 Å². The molecule has 88 valence electrons. The highest BCUT2D eigenvalue weighted by Crippen LogP contribution is 2.20. The molecule has 0 fully saturated rings. The number of thiophene rings is 1. The number of carbonyl (C=O) groups is 1. The first-order valence-electron chi connectivity index (χ1n) is 4.47. The average molecular weight is 288 g/mol. The summed E-state index contributed by atoms with van der Waals surface area (Å²) >= 11 is 6.68. The molecule has 17 heavy (non-hydrogen) atoms. The van der Waals surface area contributed by atoms with Crippen molar-refractivity contribution in [1.82, 2.24) is 0 Å².